The minimum Gasteiger partial charge on any atom is -0.352 e. The zero-order valence-electron chi connectivity index (χ0n) is 15.5. The first-order valence-corrected chi connectivity index (χ1v) is 9.20. The summed E-state index contributed by atoms with van der Waals surface area (Å²) in [5.41, 5.74) is 2.65. The summed E-state index contributed by atoms with van der Waals surface area (Å²) in [6.45, 7) is 8.51. The number of nitrogens with one attached hydrogen (secondary N) is 1. The molecule has 0 aromatic heterocycles. The lowest BCUT2D eigenvalue weighted by atomic mass is 10.1. The number of hydrogen-bond acceptors (Lipinski definition) is 3. The fraction of sp³-hybridized carbons (Fsp3) is 0.611. The molecule has 0 saturated carbocycles. The first kappa shape index (κ1) is 21.6. The minimum absolute atomic E-state index is 0. The summed E-state index contributed by atoms with van der Waals surface area (Å²) in [6, 6.07) is 8.77. The lowest BCUT2D eigenvalue weighted by Gasteiger charge is -2.39. The molecule has 1 heterocycles. The molecule has 1 aliphatic heterocycles. The maximum Gasteiger partial charge on any atom is 0.193 e. The lowest BCUT2D eigenvalue weighted by molar-refractivity contribution is 0.375. The Kier molecular flexibility index (Phi) is 8.87. The number of halogens is 1. The molecule has 1 aromatic carbocycles. The predicted octanol–water partition coefficient (Wildman–Crippen LogP) is 3.27. The molecular formula is C18H31IN4S. The molecule has 24 heavy (non-hydrogen) atoms. The zero-order chi connectivity index (χ0) is 16.9. The van der Waals surface area contributed by atoms with E-state index < -0.39 is 0 Å². The third kappa shape index (κ3) is 6.80. The van der Waals surface area contributed by atoms with E-state index in [0.29, 0.717) is 4.75 Å². The predicted molar refractivity (Wildman–Crippen MR) is 118 cm³/mol. The van der Waals surface area contributed by atoms with Crippen LogP contribution in [0, 0.1) is 0 Å². The van der Waals surface area contributed by atoms with E-state index in [1.54, 1.807) is 0 Å². The van der Waals surface area contributed by atoms with Crippen molar-refractivity contribution in [1.29, 1.82) is 0 Å². The quantitative estimate of drug-likeness (QED) is 0.423. The first-order valence-electron chi connectivity index (χ1n) is 8.22. The monoisotopic (exact) mass is 462 g/mol. The highest BCUT2D eigenvalue weighted by Gasteiger charge is 2.28. The molecular weight excluding hydrogens is 431 g/mol. The van der Waals surface area contributed by atoms with Crippen molar-refractivity contribution in [2.24, 2.45) is 4.99 Å². The molecule has 1 saturated heterocycles. The number of guanidine groups is 1. The summed E-state index contributed by atoms with van der Waals surface area (Å²) < 4.78 is 0.293. The van der Waals surface area contributed by atoms with Crippen LogP contribution in [0.1, 0.15) is 25.0 Å². The fourth-order valence-corrected chi connectivity index (χ4v) is 4.03. The van der Waals surface area contributed by atoms with Crippen LogP contribution in [0.15, 0.2) is 29.3 Å². The largest absolute Gasteiger partial charge is 0.352 e. The van der Waals surface area contributed by atoms with Crippen LogP contribution in [-0.2, 0) is 13.1 Å². The highest BCUT2D eigenvalue weighted by molar-refractivity contribution is 14.0. The van der Waals surface area contributed by atoms with E-state index in [4.69, 9.17) is 0 Å². The fourth-order valence-electron chi connectivity index (χ4n) is 2.91. The van der Waals surface area contributed by atoms with E-state index in [9.17, 15) is 0 Å². The summed E-state index contributed by atoms with van der Waals surface area (Å²) in [7, 11) is 6.07. The SMILES string of the molecule is CN=C(NCc1cccc(CN(C)C)c1)N1CCSC(C)(C)C1.I. The van der Waals surface area contributed by atoms with Gasteiger partial charge in [0.15, 0.2) is 5.96 Å². The van der Waals surface area contributed by atoms with Crippen LogP contribution in [0.4, 0.5) is 0 Å². The van der Waals surface area contributed by atoms with Gasteiger partial charge in [-0.25, -0.2) is 0 Å². The van der Waals surface area contributed by atoms with Crippen LogP contribution < -0.4 is 5.32 Å². The van der Waals surface area contributed by atoms with E-state index in [1.165, 1.54) is 11.1 Å². The molecule has 0 radical (unpaired) electrons. The summed E-state index contributed by atoms with van der Waals surface area (Å²) in [6.07, 6.45) is 0. The Morgan fingerprint density at radius 1 is 1.33 bits per heavy atom. The Labute approximate surface area is 168 Å². The number of rotatable bonds is 4. The van der Waals surface area contributed by atoms with E-state index in [0.717, 1.165) is 37.9 Å². The molecule has 1 aromatic rings. The van der Waals surface area contributed by atoms with Gasteiger partial charge in [0.2, 0.25) is 0 Å². The van der Waals surface area contributed by atoms with Gasteiger partial charge in [0.1, 0.15) is 0 Å². The Morgan fingerprint density at radius 2 is 2.04 bits per heavy atom. The van der Waals surface area contributed by atoms with Crippen LogP contribution >= 0.6 is 35.7 Å². The van der Waals surface area contributed by atoms with Crippen molar-refractivity contribution in [1.82, 2.24) is 15.1 Å². The number of hydrogen-bond donors (Lipinski definition) is 1. The van der Waals surface area contributed by atoms with Gasteiger partial charge in [-0.3, -0.25) is 4.99 Å². The highest BCUT2D eigenvalue weighted by Crippen LogP contribution is 2.29. The average Bonchev–Trinajstić information content (AvgIpc) is 2.46. The number of benzene rings is 1. The second-order valence-electron chi connectivity index (χ2n) is 6.99. The van der Waals surface area contributed by atoms with Gasteiger partial charge in [-0.2, -0.15) is 11.8 Å². The highest BCUT2D eigenvalue weighted by atomic mass is 127. The molecule has 136 valence electrons. The van der Waals surface area contributed by atoms with E-state index in [1.807, 2.05) is 18.8 Å². The van der Waals surface area contributed by atoms with Crippen molar-refractivity contribution < 1.29 is 0 Å². The number of nitrogens with zero attached hydrogens (tertiary/aromatic N) is 3. The second-order valence-corrected chi connectivity index (χ2v) is 8.79. The van der Waals surface area contributed by atoms with Crippen molar-refractivity contribution >= 4 is 41.7 Å². The van der Waals surface area contributed by atoms with E-state index in [-0.39, 0.29) is 24.0 Å². The number of aliphatic imine (C=N–C) groups is 1. The van der Waals surface area contributed by atoms with Crippen molar-refractivity contribution in [3.05, 3.63) is 35.4 Å². The molecule has 2 rings (SSSR count). The van der Waals surface area contributed by atoms with Crippen LogP contribution in [-0.4, -0.2) is 60.5 Å². The molecule has 0 amide bonds. The molecule has 0 unspecified atom stereocenters. The molecule has 6 heteroatoms. The Morgan fingerprint density at radius 3 is 2.67 bits per heavy atom. The van der Waals surface area contributed by atoms with Gasteiger partial charge in [0.05, 0.1) is 0 Å². The maximum atomic E-state index is 4.48. The van der Waals surface area contributed by atoms with Crippen LogP contribution in [0.2, 0.25) is 0 Å². The van der Waals surface area contributed by atoms with Crippen molar-refractivity contribution in [3.8, 4) is 0 Å². The lowest BCUT2D eigenvalue weighted by Crippen LogP contribution is -2.50. The van der Waals surface area contributed by atoms with Crippen LogP contribution in [0.3, 0.4) is 0 Å². The standard InChI is InChI=1S/C18H30N4S.HI/c1-18(2)14-22(9-10-23-18)17(19-3)20-12-15-7-6-8-16(11-15)13-21(4)5;/h6-8,11H,9-10,12-14H2,1-5H3,(H,19,20);1H. The maximum absolute atomic E-state index is 4.48. The molecule has 0 aliphatic carbocycles. The van der Waals surface area contributed by atoms with Gasteiger partial charge in [0, 0.05) is 43.7 Å². The van der Waals surface area contributed by atoms with Gasteiger partial charge in [0.25, 0.3) is 0 Å². The molecule has 0 spiro atoms. The normalized spacial score (nSPS) is 17.6. The minimum atomic E-state index is 0. The summed E-state index contributed by atoms with van der Waals surface area (Å²) in [5, 5.41) is 3.53. The molecule has 1 fully saturated rings. The van der Waals surface area contributed by atoms with E-state index in [2.05, 4.69) is 72.3 Å². The molecule has 0 atom stereocenters. The third-order valence-electron chi connectivity index (χ3n) is 3.88. The van der Waals surface area contributed by atoms with Gasteiger partial charge < -0.3 is 15.1 Å². The van der Waals surface area contributed by atoms with Gasteiger partial charge in [-0.1, -0.05) is 24.3 Å². The Hall–Kier alpha value is -0.470. The third-order valence-corrected chi connectivity index (χ3v) is 5.18. The zero-order valence-corrected chi connectivity index (χ0v) is 18.6. The smallest absolute Gasteiger partial charge is 0.193 e. The van der Waals surface area contributed by atoms with Gasteiger partial charge in [-0.05, 0) is 39.1 Å². The summed E-state index contributed by atoms with van der Waals surface area (Å²) >= 11 is 2.04. The topological polar surface area (TPSA) is 30.9 Å². The van der Waals surface area contributed by atoms with Crippen molar-refractivity contribution in [2.45, 2.75) is 31.7 Å². The van der Waals surface area contributed by atoms with Gasteiger partial charge >= 0.3 is 0 Å². The summed E-state index contributed by atoms with van der Waals surface area (Å²) in [5.74, 6) is 2.17. The van der Waals surface area contributed by atoms with Crippen molar-refractivity contribution in [3.63, 3.8) is 0 Å². The molecule has 4 nitrogen and oxygen atoms in total. The average molecular weight is 462 g/mol. The summed E-state index contributed by atoms with van der Waals surface area (Å²) in [4.78, 5) is 9.05. The molecule has 1 N–H and O–H groups in total. The number of thioether (sulfide) groups is 1. The first-order chi connectivity index (χ1) is 10.9. The molecule has 1 aliphatic rings. The Bertz CT molecular complexity index is 546. The van der Waals surface area contributed by atoms with Gasteiger partial charge in [-0.15, -0.1) is 24.0 Å². The van der Waals surface area contributed by atoms with Crippen molar-refractivity contribution in [2.75, 3.05) is 40.0 Å². The van der Waals surface area contributed by atoms with E-state index >= 15 is 0 Å². The van der Waals surface area contributed by atoms with Crippen LogP contribution in [0.25, 0.3) is 0 Å². The second kappa shape index (κ2) is 9.87. The molecule has 0 bridgehead atoms. The van der Waals surface area contributed by atoms with Crippen LogP contribution in [0.5, 0.6) is 0 Å². The Balaban J connectivity index is 0.00000288.